The molecule has 0 aliphatic carbocycles. The first-order chi connectivity index (χ1) is 3.41. The van der Waals surface area contributed by atoms with Crippen molar-refractivity contribution in [1.82, 2.24) is 0 Å². The second-order valence-corrected chi connectivity index (χ2v) is 0.954. The lowest BCUT2D eigenvalue weighted by atomic mass is 10.5. The highest BCUT2D eigenvalue weighted by molar-refractivity contribution is 5.77. The maximum absolute atomic E-state index is 6.53. The van der Waals surface area contributed by atoms with Gasteiger partial charge in [0, 0.05) is 25.0 Å². The van der Waals surface area contributed by atoms with E-state index >= 15 is 0 Å². The minimum absolute atomic E-state index is 0.603. The van der Waals surface area contributed by atoms with Gasteiger partial charge in [-0.25, -0.2) is 0 Å². The van der Waals surface area contributed by atoms with Crippen molar-refractivity contribution < 1.29 is 0 Å². The Labute approximate surface area is 43.1 Å². The molecule has 0 saturated carbocycles. The van der Waals surface area contributed by atoms with Crippen LogP contribution in [0.25, 0.3) is 0 Å². The first-order valence-electron chi connectivity index (χ1n) is 2.03. The second kappa shape index (κ2) is 5.08. The van der Waals surface area contributed by atoms with E-state index in [-0.39, 0.29) is 0 Å². The molecule has 38 valence electrons. The molecule has 0 amide bonds. The number of nitrogens with zero attached hydrogens (tertiary/aromatic N) is 1. The molecule has 0 aliphatic heterocycles. The molecule has 0 saturated heterocycles. The van der Waals surface area contributed by atoms with Crippen LogP contribution in [-0.4, -0.2) is 12.4 Å². The molecule has 0 aromatic heterocycles. The molecular weight excluding hydrogens is 88.1 g/mol. The van der Waals surface area contributed by atoms with Crippen LogP contribution in [0.1, 0.15) is 6.42 Å². The Balaban J connectivity index is 3.08. The van der Waals surface area contributed by atoms with Gasteiger partial charge in [-0.15, -0.1) is 0 Å². The lowest BCUT2D eigenvalue weighted by Gasteiger charge is -1.70. The van der Waals surface area contributed by atoms with Crippen molar-refractivity contribution in [3.05, 3.63) is 12.8 Å². The molecule has 0 spiro atoms. The molecule has 0 unspecified atom stereocenters. The van der Waals surface area contributed by atoms with Crippen molar-refractivity contribution in [2.75, 3.05) is 0 Å². The highest BCUT2D eigenvalue weighted by Crippen LogP contribution is 1.66. The molecule has 2 heteroatoms. The lowest BCUT2D eigenvalue weighted by molar-refractivity contribution is 1.48. The highest BCUT2D eigenvalue weighted by Gasteiger charge is 1.62. The van der Waals surface area contributed by atoms with Crippen LogP contribution in [0.15, 0.2) is 17.8 Å². The van der Waals surface area contributed by atoms with Gasteiger partial charge in [0.15, 0.2) is 0 Å². The normalized spacial score (nSPS) is 9.14. The Bertz CT molecular complexity index is 84.1. The summed E-state index contributed by atoms with van der Waals surface area (Å²) < 4.78 is 0. The maximum Gasteiger partial charge on any atom is 0.0192 e. The van der Waals surface area contributed by atoms with Crippen molar-refractivity contribution in [2.45, 2.75) is 6.42 Å². The van der Waals surface area contributed by atoms with Crippen LogP contribution in [0.5, 0.6) is 0 Å². The summed E-state index contributed by atoms with van der Waals surface area (Å²) in [5.74, 6) is 0. The van der Waals surface area contributed by atoms with Crippen LogP contribution < -0.4 is 0 Å². The summed E-state index contributed by atoms with van der Waals surface area (Å²) in [5.41, 5.74) is 0. The molecule has 0 radical (unpaired) electrons. The standard InChI is InChI=1S/C5H8N2/c1-2-7-5-3-4-6/h2,4-6H,1,3H2. The molecule has 0 aromatic carbocycles. The fourth-order valence-electron chi connectivity index (χ4n) is 0.188. The molecule has 2 nitrogen and oxygen atoms in total. The average molecular weight is 96.1 g/mol. The molecule has 0 aromatic rings. The predicted octanol–water partition coefficient (Wildman–Crippen LogP) is 1.24. The van der Waals surface area contributed by atoms with Gasteiger partial charge in [-0.1, -0.05) is 6.58 Å². The van der Waals surface area contributed by atoms with Gasteiger partial charge >= 0.3 is 0 Å². The minimum atomic E-state index is 0.603. The van der Waals surface area contributed by atoms with E-state index in [2.05, 4.69) is 11.6 Å². The molecule has 0 aliphatic rings. The largest absolute Gasteiger partial charge is 0.313 e. The van der Waals surface area contributed by atoms with E-state index in [1.165, 1.54) is 12.4 Å². The van der Waals surface area contributed by atoms with Gasteiger partial charge in [0.05, 0.1) is 0 Å². The van der Waals surface area contributed by atoms with Gasteiger partial charge in [0.25, 0.3) is 0 Å². The Morgan fingerprint density at radius 2 is 2.43 bits per heavy atom. The summed E-state index contributed by atoms with van der Waals surface area (Å²) in [7, 11) is 0. The fraction of sp³-hybridized carbons (Fsp3) is 0.200. The van der Waals surface area contributed by atoms with E-state index in [1.54, 1.807) is 6.21 Å². The van der Waals surface area contributed by atoms with Crippen molar-refractivity contribution in [1.29, 1.82) is 5.41 Å². The Morgan fingerprint density at radius 3 is 2.86 bits per heavy atom. The van der Waals surface area contributed by atoms with Crippen molar-refractivity contribution >= 4 is 12.4 Å². The molecule has 0 heterocycles. The summed E-state index contributed by atoms with van der Waals surface area (Å²) in [5, 5.41) is 6.53. The number of aliphatic imine (C=N–C) groups is 1. The Kier molecular flexibility index (Phi) is 4.41. The van der Waals surface area contributed by atoms with Crippen molar-refractivity contribution in [3.8, 4) is 0 Å². The van der Waals surface area contributed by atoms with Gasteiger partial charge < -0.3 is 5.41 Å². The smallest absolute Gasteiger partial charge is 0.0192 e. The summed E-state index contributed by atoms with van der Waals surface area (Å²) >= 11 is 0. The highest BCUT2D eigenvalue weighted by atomic mass is 14.6. The molecule has 0 fully saturated rings. The van der Waals surface area contributed by atoms with E-state index in [4.69, 9.17) is 5.41 Å². The average Bonchev–Trinajstić information content (AvgIpc) is 1.69. The quantitative estimate of drug-likeness (QED) is 0.513. The van der Waals surface area contributed by atoms with Crippen LogP contribution >= 0.6 is 0 Å². The van der Waals surface area contributed by atoms with E-state index in [1.807, 2.05) is 0 Å². The maximum atomic E-state index is 6.53. The van der Waals surface area contributed by atoms with Gasteiger partial charge in [0.2, 0.25) is 0 Å². The fourth-order valence-corrected chi connectivity index (χ4v) is 0.188. The molecule has 0 rings (SSSR count). The van der Waals surface area contributed by atoms with Gasteiger partial charge in [-0.05, 0) is 0 Å². The lowest BCUT2D eigenvalue weighted by Crippen LogP contribution is -1.70. The first kappa shape index (κ1) is 6.08. The zero-order chi connectivity index (χ0) is 5.54. The van der Waals surface area contributed by atoms with E-state index in [0.717, 1.165) is 0 Å². The molecule has 7 heavy (non-hydrogen) atoms. The van der Waals surface area contributed by atoms with Crippen LogP contribution in [0, 0.1) is 5.41 Å². The summed E-state index contributed by atoms with van der Waals surface area (Å²) in [6.07, 6.45) is 4.96. The van der Waals surface area contributed by atoms with Crippen LogP contribution in [0.3, 0.4) is 0 Å². The third kappa shape index (κ3) is 5.08. The van der Waals surface area contributed by atoms with Gasteiger partial charge in [0.1, 0.15) is 0 Å². The predicted molar refractivity (Wildman–Crippen MR) is 32.1 cm³/mol. The number of rotatable bonds is 3. The van der Waals surface area contributed by atoms with Crippen LogP contribution in [-0.2, 0) is 0 Å². The van der Waals surface area contributed by atoms with Gasteiger partial charge in [-0.2, -0.15) is 0 Å². The Hall–Kier alpha value is -0.920. The molecule has 0 bridgehead atoms. The molecule has 0 atom stereocenters. The molecule has 1 N–H and O–H groups in total. The SMILES string of the molecule is C=CN=CCC=N. The number of nitrogens with one attached hydrogen (secondary N) is 1. The van der Waals surface area contributed by atoms with Crippen LogP contribution in [0.4, 0.5) is 0 Å². The minimum Gasteiger partial charge on any atom is -0.313 e. The number of hydrogen-bond donors (Lipinski definition) is 1. The van der Waals surface area contributed by atoms with E-state index in [9.17, 15) is 0 Å². The monoisotopic (exact) mass is 96.1 g/mol. The van der Waals surface area contributed by atoms with E-state index < -0.39 is 0 Å². The van der Waals surface area contributed by atoms with Crippen LogP contribution in [0.2, 0.25) is 0 Å². The molecular formula is C5H8N2. The van der Waals surface area contributed by atoms with Gasteiger partial charge in [-0.3, -0.25) is 4.99 Å². The first-order valence-corrected chi connectivity index (χ1v) is 2.03. The van der Waals surface area contributed by atoms with Crippen molar-refractivity contribution in [2.24, 2.45) is 4.99 Å². The second-order valence-electron chi connectivity index (χ2n) is 0.954. The third-order valence-corrected chi connectivity index (χ3v) is 0.434. The summed E-state index contributed by atoms with van der Waals surface area (Å²) in [6.45, 7) is 3.36. The Morgan fingerprint density at radius 1 is 1.71 bits per heavy atom. The summed E-state index contributed by atoms with van der Waals surface area (Å²) in [6, 6.07) is 0. The summed E-state index contributed by atoms with van der Waals surface area (Å²) in [4.78, 5) is 3.65. The number of hydrogen-bond acceptors (Lipinski definition) is 2. The van der Waals surface area contributed by atoms with Crippen molar-refractivity contribution in [3.63, 3.8) is 0 Å². The zero-order valence-electron chi connectivity index (χ0n) is 4.09. The van der Waals surface area contributed by atoms with E-state index in [0.29, 0.717) is 6.42 Å². The topological polar surface area (TPSA) is 36.2 Å². The zero-order valence-corrected chi connectivity index (χ0v) is 4.09. The third-order valence-electron chi connectivity index (χ3n) is 0.434.